The second kappa shape index (κ2) is 11.6. The van der Waals surface area contributed by atoms with Gasteiger partial charge in [-0.2, -0.15) is 0 Å². The summed E-state index contributed by atoms with van der Waals surface area (Å²) in [5.41, 5.74) is 10.2. The van der Waals surface area contributed by atoms with Gasteiger partial charge >= 0.3 is 0 Å². The molecule has 0 saturated carbocycles. The predicted octanol–water partition coefficient (Wildman–Crippen LogP) is 8.97. The van der Waals surface area contributed by atoms with Crippen molar-refractivity contribution in [3.63, 3.8) is 0 Å². The minimum Gasteiger partial charge on any atom is -0.255 e. The Bertz CT molecular complexity index is 1930. The summed E-state index contributed by atoms with van der Waals surface area (Å²) in [6.07, 6.45) is 3.73. The fraction of sp³-hybridized carbons (Fsp3) is 0.0263. The van der Waals surface area contributed by atoms with Crippen LogP contribution in [0.2, 0.25) is 0 Å². The van der Waals surface area contributed by atoms with E-state index in [0.29, 0.717) is 17.5 Å². The van der Waals surface area contributed by atoms with Gasteiger partial charge in [0.15, 0.2) is 17.5 Å². The third-order valence-electron chi connectivity index (χ3n) is 7.34. The number of pyridine rings is 2. The van der Waals surface area contributed by atoms with E-state index in [4.69, 9.17) is 15.0 Å². The van der Waals surface area contributed by atoms with Crippen molar-refractivity contribution in [2.75, 3.05) is 0 Å². The van der Waals surface area contributed by atoms with Gasteiger partial charge in [0.25, 0.3) is 0 Å². The van der Waals surface area contributed by atoms with Gasteiger partial charge in [-0.1, -0.05) is 115 Å². The fourth-order valence-corrected chi connectivity index (χ4v) is 5.00. The molecule has 0 radical (unpaired) electrons. The van der Waals surface area contributed by atoms with E-state index in [2.05, 4.69) is 71.5 Å². The molecule has 0 amide bonds. The first-order valence-corrected chi connectivity index (χ1v) is 14.2. The molecule has 5 nitrogen and oxygen atoms in total. The number of aromatic nitrogens is 5. The topological polar surface area (TPSA) is 64.5 Å². The molecule has 5 heteroatoms. The lowest BCUT2D eigenvalue weighted by atomic mass is 10.00. The van der Waals surface area contributed by atoms with Gasteiger partial charge in [-0.15, -0.1) is 0 Å². The molecule has 0 saturated heterocycles. The lowest BCUT2D eigenvalue weighted by molar-refractivity contribution is 1.07. The Morgan fingerprint density at radius 3 is 1.28 bits per heavy atom. The molecule has 0 spiro atoms. The highest BCUT2D eigenvalue weighted by molar-refractivity contribution is 5.73. The van der Waals surface area contributed by atoms with E-state index >= 15 is 0 Å². The van der Waals surface area contributed by atoms with Crippen LogP contribution in [0.4, 0.5) is 0 Å². The van der Waals surface area contributed by atoms with Gasteiger partial charge < -0.3 is 0 Å². The smallest absolute Gasteiger partial charge is 0.164 e. The van der Waals surface area contributed by atoms with E-state index < -0.39 is 0 Å². The normalized spacial score (nSPS) is 10.9. The Hall–Kier alpha value is -5.81. The molecule has 204 valence electrons. The Balaban J connectivity index is 1.15. The van der Waals surface area contributed by atoms with Gasteiger partial charge in [-0.25, -0.2) is 15.0 Å². The molecule has 4 aromatic carbocycles. The largest absolute Gasteiger partial charge is 0.255 e. The molecule has 7 rings (SSSR count). The van der Waals surface area contributed by atoms with Crippen molar-refractivity contribution in [2.24, 2.45) is 0 Å². The summed E-state index contributed by atoms with van der Waals surface area (Å²) >= 11 is 0. The van der Waals surface area contributed by atoms with Crippen LogP contribution >= 0.6 is 0 Å². The van der Waals surface area contributed by atoms with E-state index in [0.717, 1.165) is 50.3 Å². The Labute approximate surface area is 250 Å². The maximum Gasteiger partial charge on any atom is 0.164 e. The standard InChI is InChI=1S/C38H27N5/c1-26-22-23-39-35(24-26)34-21-20-33(25-40-34)29-14-12-27(13-15-29)28-16-18-32(19-17-28)38-42-36(30-8-4-2-5-9-30)41-37(43-38)31-10-6-3-7-11-31/h2-25H,1H3. The maximum absolute atomic E-state index is 4.84. The zero-order chi connectivity index (χ0) is 29.0. The van der Waals surface area contributed by atoms with Crippen molar-refractivity contribution in [3.05, 3.63) is 151 Å². The summed E-state index contributed by atoms with van der Waals surface area (Å²) in [4.78, 5) is 23.6. The van der Waals surface area contributed by atoms with E-state index in [1.165, 1.54) is 5.56 Å². The number of nitrogens with zero attached hydrogens (tertiary/aromatic N) is 5. The van der Waals surface area contributed by atoms with Gasteiger partial charge in [-0.05, 0) is 47.4 Å². The molecular weight excluding hydrogens is 526 g/mol. The van der Waals surface area contributed by atoms with Crippen molar-refractivity contribution in [1.82, 2.24) is 24.9 Å². The first kappa shape index (κ1) is 26.1. The summed E-state index contributed by atoms with van der Waals surface area (Å²) in [7, 11) is 0. The number of aryl methyl sites for hydroxylation is 1. The minimum absolute atomic E-state index is 0.645. The quantitative estimate of drug-likeness (QED) is 0.206. The average molecular weight is 554 g/mol. The van der Waals surface area contributed by atoms with Crippen LogP contribution in [0, 0.1) is 6.92 Å². The summed E-state index contributed by atoms with van der Waals surface area (Å²) in [6, 6.07) is 45.1. The molecule has 0 fully saturated rings. The molecule has 0 aliphatic carbocycles. The van der Waals surface area contributed by atoms with Crippen LogP contribution in [-0.4, -0.2) is 24.9 Å². The zero-order valence-electron chi connectivity index (χ0n) is 23.6. The predicted molar refractivity (Wildman–Crippen MR) is 173 cm³/mol. The average Bonchev–Trinajstić information content (AvgIpc) is 3.09. The van der Waals surface area contributed by atoms with Crippen LogP contribution in [0.1, 0.15) is 5.56 Å². The highest BCUT2D eigenvalue weighted by atomic mass is 15.0. The fourth-order valence-electron chi connectivity index (χ4n) is 5.00. The van der Waals surface area contributed by atoms with Gasteiger partial charge in [0.2, 0.25) is 0 Å². The zero-order valence-corrected chi connectivity index (χ0v) is 23.6. The van der Waals surface area contributed by atoms with Crippen LogP contribution in [0.5, 0.6) is 0 Å². The molecule has 0 N–H and O–H groups in total. The highest BCUT2D eigenvalue weighted by Crippen LogP contribution is 2.29. The summed E-state index contributed by atoms with van der Waals surface area (Å²) in [6.45, 7) is 2.06. The molecule has 0 bridgehead atoms. The van der Waals surface area contributed by atoms with Crippen LogP contribution < -0.4 is 0 Å². The van der Waals surface area contributed by atoms with E-state index in [9.17, 15) is 0 Å². The maximum atomic E-state index is 4.84. The summed E-state index contributed by atoms with van der Waals surface area (Å²) in [5, 5.41) is 0. The number of hydrogen-bond donors (Lipinski definition) is 0. The third kappa shape index (κ3) is 5.69. The van der Waals surface area contributed by atoms with Crippen LogP contribution in [0.15, 0.2) is 146 Å². The Morgan fingerprint density at radius 1 is 0.372 bits per heavy atom. The molecule has 0 aliphatic heterocycles. The monoisotopic (exact) mass is 553 g/mol. The van der Waals surface area contributed by atoms with E-state index in [-0.39, 0.29) is 0 Å². The van der Waals surface area contributed by atoms with Gasteiger partial charge in [0.1, 0.15) is 0 Å². The molecule has 3 aromatic heterocycles. The molecule has 0 atom stereocenters. The second-order valence-electron chi connectivity index (χ2n) is 10.3. The summed E-state index contributed by atoms with van der Waals surface area (Å²) in [5.74, 6) is 1.95. The van der Waals surface area contributed by atoms with Crippen molar-refractivity contribution < 1.29 is 0 Å². The molecule has 0 unspecified atom stereocenters. The Morgan fingerprint density at radius 2 is 0.814 bits per heavy atom. The highest BCUT2D eigenvalue weighted by Gasteiger charge is 2.12. The second-order valence-corrected chi connectivity index (χ2v) is 10.3. The van der Waals surface area contributed by atoms with Crippen molar-refractivity contribution in [2.45, 2.75) is 6.92 Å². The van der Waals surface area contributed by atoms with Crippen molar-refractivity contribution >= 4 is 0 Å². The Kier molecular flexibility index (Phi) is 7.04. The van der Waals surface area contributed by atoms with Crippen LogP contribution in [0.3, 0.4) is 0 Å². The van der Waals surface area contributed by atoms with Gasteiger partial charge in [-0.3, -0.25) is 9.97 Å². The van der Waals surface area contributed by atoms with E-state index in [1.807, 2.05) is 91.3 Å². The van der Waals surface area contributed by atoms with Crippen molar-refractivity contribution in [1.29, 1.82) is 0 Å². The third-order valence-corrected chi connectivity index (χ3v) is 7.34. The molecule has 7 aromatic rings. The van der Waals surface area contributed by atoms with E-state index in [1.54, 1.807) is 0 Å². The SMILES string of the molecule is Cc1ccnc(-c2ccc(-c3ccc(-c4ccc(-c5nc(-c6ccccc6)nc(-c6ccccc6)n5)cc4)cc3)cn2)c1. The number of rotatable bonds is 6. The number of benzene rings is 4. The van der Waals surface area contributed by atoms with Crippen LogP contribution in [-0.2, 0) is 0 Å². The molecule has 43 heavy (non-hydrogen) atoms. The lowest BCUT2D eigenvalue weighted by Crippen LogP contribution is -2.00. The number of hydrogen-bond acceptors (Lipinski definition) is 5. The molecule has 3 heterocycles. The van der Waals surface area contributed by atoms with Gasteiger partial charge in [0, 0.05) is 34.6 Å². The van der Waals surface area contributed by atoms with Crippen molar-refractivity contribution in [3.8, 4) is 67.8 Å². The molecule has 0 aliphatic rings. The summed E-state index contributed by atoms with van der Waals surface area (Å²) < 4.78 is 0. The first-order chi connectivity index (χ1) is 21.2. The molecular formula is C38H27N5. The first-order valence-electron chi connectivity index (χ1n) is 14.2. The lowest BCUT2D eigenvalue weighted by Gasteiger charge is -2.09. The van der Waals surface area contributed by atoms with Crippen LogP contribution in [0.25, 0.3) is 67.8 Å². The minimum atomic E-state index is 0.645. The van der Waals surface area contributed by atoms with Gasteiger partial charge in [0.05, 0.1) is 11.4 Å².